The van der Waals surface area contributed by atoms with Gasteiger partial charge in [0.25, 0.3) is 0 Å². The highest BCUT2D eigenvalue weighted by atomic mass is 19.1. The lowest BCUT2D eigenvalue weighted by Crippen LogP contribution is -2.06. The molecule has 1 N–H and O–H groups in total. The molecule has 23 heavy (non-hydrogen) atoms. The number of hydrogen-bond acceptors (Lipinski definition) is 2. The Balaban J connectivity index is 1.91. The number of benzene rings is 2. The number of hydrogen-bond donors (Lipinski definition) is 1. The van der Waals surface area contributed by atoms with Crippen LogP contribution in [0.15, 0.2) is 42.5 Å². The highest BCUT2D eigenvalue weighted by Gasteiger charge is 2.25. The van der Waals surface area contributed by atoms with Crippen molar-refractivity contribution in [2.45, 2.75) is 13.3 Å². The van der Waals surface area contributed by atoms with Gasteiger partial charge in [-0.1, -0.05) is 23.8 Å². The minimum Gasteiger partial charge on any atom is -0.369 e. The zero-order valence-electron chi connectivity index (χ0n) is 12.6. The molecule has 2 heterocycles. The number of aryl methyl sites for hydroxylation is 1. The topological polar surface area (TPSA) is 29.9 Å². The maximum atomic E-state index is 14.2. The van der Waals surface area contributed by atoms with E-state index in [0.29, 0.717) is 0 Å². The van der Waals surface area contributed by atoms with Gasteiger partial charge in [0.1, 0.15) is 17.3 Å². The first-order chi connectivity index (χ1) is 11.1. The van der Waals surface area contributed by atoms with Gasteiger partial charge < -0.3 is 5.32 Å². The largest absolute Gasteiger partial charge is 0.369 e. The van der Waals surface area contributed by atoms with Crippen molar-refractivity contribution in [2.24, 2.45) is 0 Å². The Morgan fingerprint density at radius 1 is 1.13 bits per heavy atom. The van der Waals surface area contributed by atoms with Gasteiger partial charge in [-0.25, -0.2) is 13.5 Å². The molecular weight excluding hydrogens is 296 g/mol. The van der Waals surface area contributed by atoms with Crippen LogP contribution < -0.4 is 5.32 Å². The highest BCUT2D eigenvalue weighted by molar-refractivity contribution is 5.73. The van der Waals surface area contributed by atoms with Crippen LogP contribution >= 0.6 is 0 Å². The summed E-state index contributed by atoms with van der Waals surface area (Å²) in [6, 6.07) is 11.6. The van der Waals surface area contributed by atoms with Crippen LogP contribution in [0.3, 0.4) is 0 Å². The molecular formula is C18H15F2N3. The monoisotopic (exact) mass is 311 g/mol. The predicted octanol–water partition coefficient (Wildman–Crippen LogP) is 4.09. The third-order valence-electron chi connectivity index (χ3n) is 4.08. The van der Waals surface area contributed by atoms with E-state index in [0.717, 1.165) is 47.2 Å². The molecule has 0 spiro atoms. The SMILES string of the molecule is Cc1cccc(-c2nn(-c3ccc(F)cc3F)c3c2CCN3)c1. The molecule has 0 bridgehead atoms. The number of fused-ring (bicyclic) bond motifs is 1. The molecule has 1 aromatic heterocycles. The van der Waals surface area contributed by atoms with Crippen molar-refractivity contribution < 1.29 is 8.78 Å². The molecule has 3 aromatic rings. The lowest BCUT2D eigenvalue weighted by atomic mass is 10.0. The first kappa shape index (κ1) is 13.9. The Bertz CT molecular complexity index is 899. The van der Waals surface area contributed by atoms with Crippen LogP contribution in [-0.4, -0.2) is 16.3 Å². The normalized spacial score (nSPS) is 13.0. The summed E-state index contributed by atoms with van der Waals surface area (Å²) in [5, 5.41) is 7.85. The fourth-order valence-corrected chi connectivity index (χ4v) is 3.03. The Labute approximate surface area is 132 Å². The molecule has 0 atom stereocenters. The molecule has 2 aromatic carbocycles. The second-order valence-corrected chi connectivity index (χ2v) is 5.73. The lowest BCUT2D eigenvalue weighted by molar-refractivity contribution is 0.574. The van der Waals surface area contributed by atoms with Crippen molar-refractivity contribution in [3.8, 4) is 16.9 Å². The number of halogens is 2. The van der Waals surface area contributed by atoms with E-state index in [9.17, 15) is 8.78 Å². The predicted molar refractivity (Wildman–Crippen MR) is 85.8 cm³/mol. The molecule has 1 aliphatic rings. The van der Waals surface area contributed by atoms with Crippen molar-refractivity contribution in [1.29, 1.82) is 0 Å². The van der Waals surface area contributed by atoms with E-state index in [-0.39, 0.29) is 5.69 Å². The highest BCUT2D eigenvalue weighted by Crippen LogP contribution is 2.35. The molecule has 0 fully saturated rings. The average Bonchev–Trinajstić information content (AvgIpc) is 3.10. The molecule has 116 valence electrons. The number of nitrogens with one attached hydrogen (secondary N) is 1. The summed E-state index contributed by atoms with van der Waals surface area (Å²) < 4.78 is 28.9. The third kappa shape index (κ3) is 2.29. The zero-order valence-corrected chi connectivity index (χ0v) is 12.6. The van der Waals surface area contributed by atoms with E-state index >= 15 is 0 Å². The van der Waals surface area contributed by atoms with Gasteiger partial charge in [-0.3, -0.25) is 0 Å². The van der Waals surface area contributed by atoms with Crippen molar-refractivity contribution in [3.63, 3.8) is 0 Å². The van der Waals surface area contributed by atoms with Crippen molar-refractivity contribution in [3.05, 3.63) is 65.2 Å². The summed E-state index contributed by atoms with van der Waals surface area (Å²) in [4.78, 5) is 0. The number of nitrogens with zero attached hydrogens (tertiary/aromatic N) is 2. The van der Waals surface area contributed by atoms with Gasteiger partial charge in [-0.2, -0.15) is 5.10 Å². The minimum absolute atomic E-state index is 0.246. The Morgan fingerprint density at radius 3 is 2.78 bits per heavy atom. The van der Waals surface area contributed by atoms with Crippen LogP contribution in [-0.2, 0) is 6.42 Å². The maximum Gasteiger partial charge on any atom is 0.151 e. The average molecular weight is 311 g/mol. The molecule has 0 amide bonds. The van der Waals surface area contributed by atoms with E-state index in [1.54, 1.807) is 0 Å². The zero-order chi connectivity index (χ0) is 16.0. The standard InChI is InChI=1S/C18H15F2N3/c1-11-3-2-4-12(9-11)17-14-7-8-21-18(14)23(22-17)16-6-5-13(19)10-15(16)20/h2-6,9-10,21H,7-8H2,1H3. The smallest absolute Gasteiger partial charge is 0.151 e. The molecule has 0 radical (unpaired) electrons. The molecule has 4 rings (SSSR count). The van der Waals surface area contributed by atoms with Gasteiger partial charge >= 0.3 is 0 Å². The van der Waals surface area contributed by atoms with Gasteiger partial charge in [0.15, 0.2) is 5.82 Å². The molecule has 0 aliphatic carbocycles. The van der Waals surface area contributed by atoms with Crippen LogP contribution in [0.4, 0.5) is 14.6 Å². The van der Waals surface area contributed by atoms with E-state index in [1.807, 2.05) is 25.1 Å². The Kier molecular flexibility index (Phi) is 3.15. The molecule has 0 unspecified atom stereocenters. The number of anilines is 1. The van der Waals surface area contributed by atoms with E-state index in [4.69, 9.17) is 0 Å². The van der Waals surface area contributed by atoms with E-state index < -0.39 is 11.6 Å². The fraction of sp³-hybridized carbons (Fsp3) is 0.167. The Morgan fingerprint density at radius 2 is 2.00 bits per heavy atom. The maximum absolute atomic E-state index is 14.2. The summed E-state index contributed by atoms with van der Waals surface area (Å²) >= 11 is 0. The summed E-state index contributed by atoms with van der Waals surface area (Å²) in [7, 11) is 0. The number of rotatable bonds is 2. The van der Waals surface area contributed by atoms with Crippen LogP contribution in [0.5, 0.6) is 0 Å². The van der Waals surface area contributed by atoms with Gasteiger partial charge in [-0.15, -0.1) is 0 Å². The second-order valence-electron chi connectivity index (χ2n) is 5.73. The quantitative estimate of drug-likeness (QED) is 0.772. The molecule has 1 aliphatic heterocycles. The molecule has 0 saturated carbocycles. The number of aromatic nitrogens is 2. The summed E-state index contributed by atoms with van der Waals surface area (Å²) in [6.07, 6.45) is 0.835. The van der Waals surface area contributed by atoms with Crippen LogP contribution in [0, 0.1) is 18.6 Å². The van der Waals surface area contributed by atoms with Gasteiger partial charge in [-0.05, 0) is 31.5 Å². The third-order valence-corrected chi connectivity index (χ3v) is 4.08. The van der Waals surface area contributed by atoms with Crippen LogP contribution in [0.1, 0.15) is 11.1 Å². The second kappa shape index (κ2) is 5.19. The fourth-order valence-electron chi connectivity index (χ4n) is 3.03. The van der Waals surface area contributed by atoms with Crippen LogP contribution in [0.2, 0.25) is 0 Å². The van der Waals surface area contributed by atoms with Crippen molar-refractivity contribution in [1.82, 2.24) is 9.78 Å². The minimum atomic E-state index is -0.625. The molecule has 3 nitrogen and oxygen atoms in total. The first-order valence-corrected chi connectivity index (χ1v) is 7.52. The van der Waals surface area contributed by atoms with E-state index in [2.05, 4.69) is 16.5 Å². The summed E-state index contributed by atoms with van der Waals surface area (Å²) in [6.45, 7) is 2.81. The van der Waals surface area contributed by atoms with E-state index in [1.165, 1.54) is 16.8 Å². The van der Waals surface area contributed by atoms with Crippen molar-refractivity contribution in [2.75, 3.05) is 11.9 Å². The molecule has 0 saturated heterocycles. The first-order valence-electron chi connectivity index (χ1n) is 7.52. The van der Waals surface area contributed by atoms with Gasteiger partial charge in [0, 0.05) is 23.7 Å². The Hall–Kier alpha value is -2.69. The summed E-state index contributed by atoms with van der Waals surface area (Å²) in [5.41, 5.74) is 4.31. The van der Waals surface area contributed by atoms with Gasteiger partial charge in [0.2, 0.25) is 0 Å². The van der Waals surface area contributed by atoms with Crippen molar-refractivity contribution >= 4 is 5.82 Å². The lowest BCUT2D eigenvalue weighted by Gasteiger charge is -2.07. The van der Waals surface area contributed by atoms with Gasteiger partial charge in [0.05, 0.1) is 5.69 Å². The summed E-state index contributed by atoms with van der Waals surface area (Å²) in [5.74, 6) is -0.436. The molecule has 5 heteroatoms. The van der Waals surface area contributed by atoms with Crippen LogP contribution in [0.25, 0.3) is 16.9 Å².